The molecule has 2 aromatic carbocycles. The molecule has 0 atom stereocenters. The minimum absolute atomic E-state index is 0.116. The summed E-state index contributed by atoms with van der Waals surface area (Å²) in [6, 6.07) is 12.2. The van der Waals surface area contributed by atoms with Gasteiger partial charge < -0.3 is 10.2 Å². The molecule has 1 saturated heterocycles. The average Bonchev–Trinajstić information content (AvgIpc) is 3.02. The van der Waals surface area contributed by atoms with Gasteiger partial charge in [-0.25, -0.2) is 8.42 Å². The minimum atomic E-state index is -3.70. The van der Waals surface area contributed by atoms with Crippen LogP contribution in [-0.2, 0) is 21.2 Å². The maximum absolute atomic E-state index is 12.7. The molecule has 2 aliphatic rings. The largest absolute Gasteiger partial charge is 0.372 e. The lowest BCUT2D eigenvalue weighted by molar-refractivity contribution is -0.115. The number of anilines is 3. The Bertz CT molecular complexity index is 962. The van der Waals surface area contributed by atoms with E-state index in [0.717, 1.165) is 24.7 Å². The van der Waals surface area contributed by atoms with Gasteiger partial charge in [0.2, 0.25) is 5.91 Å². The number of hydrogen-bond donors (Lipinski definition) is 2. The number of nitrogens with one attached hydrogen (secondary N) is 2. The van der Waals surface area contributed by atoms with Crippen LogP contribution in [0.25, 0.3) is 0 Å². The standard InChI is InChI=1S/C20H23N3O3S/c1-14-8-10-23(11-9-14)17-4-2-16(3-5-17)22-27(25,26)18-6-7-19-15(12-18)13-20(24)21-19/h2-7,12,14,22H,8-11,13H2,1H3,(H,21,24). The van der Waals surface area contributed by atoms with Crippen LogP contribution in [0.15, 0.2) is 47.4 Å². The van der Waals surface area contributed by atoms with Gasteiger partial charge in [0.25, 0.3) is 10.0 Å². The highest BCUT2D eigenvalue weighted by molar-refractivity contribution is 7.92. The molecule has 2 heterocycles. The quantitative estimate of drug-likeness (QED) is 0.847. The van der Waals surface area contributed by atoms with Crippen molar-refractivity contribution in [2.45, 2.75) is 31.1 Å². The number of carbonyl (C=O) groups is 1. The number of rotatable bonds is 4. The van der Waals surface area contributed by atoms with E-state index in [9.17, 15) is 13.2 Å². The van der Waals surface area contributed by atoms with Gasteiger partial charge in [-0.05, 0) is 66.8 Å². The van der Waals surface area contributed by atoms with Crippen molar-refractivity contribution in [1.29, 1.82) is 0 Å². The lowest BCUT2D eigenvalue weighted by atomic mass is 9.99. The summed E-state index contributed by atoms with van der Waals surface area (Å²) in [5, 5.41) is 2.71. The monoisotopic (exact) mass is 385 g/mol. The maximum atomic E-state index is 12.7. The molecule has 1 fully saturated rings. The highest BCUT2D eigenvalue weighted by Gasteiger charge is 2.22. The third kappa shape index (κ3) is 3.78. The van der Waals surface area contributed by atoms with Crippen molar-refractivity contribution in [2.75, 3.05) is 28.0 Å². The molecule has 0 aliphatic carbocycles. The van der Waals surface area contributed by atoms with Gasteiger partial charge in [0.05, 0.1) is 11.3 Å². The molecule has 0 radical (unpaired) electrons. The summed E-state index contributed by atoms with van der Waals surface area (Å²) in [5.41, 5.74) is 3.03. The van der Waals surface area contributed by atoms with Gasteiger partial charge in [0.1, 0.15) is 0 Å². The number of amides is 1. The molecule has 2 aromatic rings. The number of piperidine rings is 1. The first kappa shape index (κ1) is 17.9. The Morgan fingerprint density at radius 1 is 1.07 bits per heavy atom. The maximum Gasteiger partial charge on any atom is 0.261 e. The van der Waals surface area contributed by atoms with E-state index in [1.54, 1.807) is 24.3 Å². The summed E-state index contributed by atoms with van der Waals surface area (Å²) in [6.45, 7) is 4.35. The Balaban J connectivity index is 1.48. The predicted octanol–water partition coefficient (Wildman–Crippen LogP) is 3.22. The molecule has 2 N–H and O–H groups in total. The van der Waals surface area contributed by atoms with Crippen molar-refractivity contribution in [1.82, 2.24) is 0 Å². The average molecular weight is 385 g/mol. The highest BCUT2D eigenvalue weighted by Crippen LogP contribution is 2.28. The van der Waals surface area contributed by atoms with Crippen LogP contribution in [0, 0.1) is 5.92 Å². The van der Waals surface area contributed by atoms with Gasteiger partial charge in [-0.2, -0.15) is 0 Å². The van der Waals surface area contributed by atoms with Gasteiger partial charge >= 0.3 is 0 Å². The summed E-state index contributed by atoms with van der Waals surface area (Å²) in [7, 11) is -3.70. The van der Waals surface area contributed by atoms with Crippen LogP contribution in [0.5, 0.6) is 0 Å². The number of fused-ring (bicyclic) bond motifs is 1. The van der Waals surface area contributed by atoms with Crippen molar-refractivity contribution in [3.8, 4) is 0 Å². The van der Waals surface area contributed by atoms with Crippen molar-refractivity contribution < 1.29 is 13.2 Å². The zero-order chi connectivity index (χ0) is 19.0. The van der Waals surface area contributed by atoms with E-state index in [1.807, 2.05) is 12.1 Å². The normalized spacial score (nSPS) is 17.5. The summed E-state index contributed by atoms with van der Waals surface area (Å²) in [4.78, 5) is 13.9. The lowest BCUT2D eigenvalue weighted by Gasteiger charge is -2.32. The van der Waals surface area contributed by atoms with Crippen LogP contribution in [0.2, 0.25) is 0 Å². The van der Waals surface area contributed by atoms with Gasteiger partial charge in [-0.3, -0.25) is 9.52 Å². The molecule has 27 heavy (non-hydrogen) atoms. The van der Waals surface area contributed by atoms with Crippen LogP contribution >= 0.6 is 0 Å². The highest BCUT2D eigenvalue weighted by atomic mass is 32.2. The van der Waals surface area contributed by atoms with Crippen molar-refractivity contribution >= 4 is 33.0 Å². The topological polar surface area (TPSA) is 78.5 Å². The van der Waals surface area contributed by atoms with Gasteiger partial charge in [-0.15, -0.1) is 0 Å². The fourth-order valence-corrected chi connectivity index (χ4v) is 4.70. The van der Waals surface area contributed by atoms with Crippen molar-refractivity contribution in [3.05, 3.63) is 48.0 Å². The lowest BCUT2D eigenvalue weighted by Crippen LogP contribution is -2.32. The second-order valence-electron chi connectivity index (χ2n) is 7.37. The van der Waals surface area contributed by atoms with Gasteiger partial charge in [0, 0.05) is 30.2 Å². The molecule has 0 aromatic heterocycles. The summed E-state index contributed by atoms with van der Waals surface area (Å²) >= 11 is 0. The predicted molar refractivity (Wildman–Crippen MR) is 107 cm³/mol. The molecule has 1 amide bonds. The van der Waals surface area contributed by atoms with E-state index >= 15 is 0 Å². The molecular weight excluding hydrogens is 362 g/mol. The summed E-state index contributed by atoms with van der Waals surface area (Å²) in [5.74, 6) is 0.653. The smallest absolute Gasteiger partial charge is 0.261 e. The number of hydrogen-bond acceptors (Lipinski definition) is 4. The van der Waals surface area contributed by atoms with Crippen molar-refractivity contribution in [3.63, 3.8) is 0 Å². The SMILES string of the molecule is CC1CCN(c2ccc(NS(=O)(=O)c3ccc4c(c3)CC(=O)N4)cc2)CC1. The van der Waals surface area contributed by atoms with E-state index in [2.05, 4.69) is 21.9 Å². The number of sulfonamides is 1. The Labute approximate surface area is 159 Å². The van der Waals surface area contributed by atoms with Gasteiger partial charge in [-0.1, -0.05) is 6.92 Å². The molecule has 6 nitrogen and oxygen atoms in total. The Hall–Kier alpha value is -2.54. The van der Waals surface area contributed by atoms with Crippen molar-refractivity contribution in [2.24, 2.45) is 5.92 Å². The molecule has 0 saturated carbocycles. The molecule has 142 valence electrons. The van der Waals surface area contributed by atoms with E-state index in [0.29, 0.717) is 16.9 Å². The Morgan fingerprint density at radius 2 is 1.78 bits per heavy atom. The van der Waals surface area contributed by atoms with E-state index < -0.39 is 10.0 Å². The second-order valence-corrected chi connectivity index (χ2v) is 9.05. The third-order valence-corrected chi connectivity index (χ3v) is 6.66. The fraction of sp³-hybridized carbons (Fsp3) is 0.350. The molecule has 0 unspecified atom stereocenters. The molecule has 4 rings (SSSR count). The van der Waals surface area contributed by atoms with Crippen LogP contribution in [0.4, 0.5) is 17.1 Å². The minimum Gasteiger partial charge on any atom is -0.372 e. The zero-order valence-electron chi connectivity index (χ0n) is 15.2. The molecule has 2 aliphatic heterocycles. The van der Waals surface area contributed by atoms with E-state index in [4.69, 9.17) is 0 Å². The summed E-state index contributed by atoms with van der Waals surface area (Å²) in [6.07, 6.45) is 2.58. The number of nitrogens with zero attached hydrogens (tertiary/aromatic N) is 1. The number of carbonyl (C=O) groups excluding carboxylic acids is 1. The molecule has 0 spiro atoms. The second kappa shape index (κ2) is 6.88. The molecule has 0 bridgehead atoms. The Morgan fingerprint density at radius 3 is 2.48 bits per heavy atom. The number of benzene rings is 2. The van der Waals surface area contributed by atoms with Crippen LogP contribution < -0.4 is 14.9 Å². The molecular formula is C20H23N3O3S. The first-order chi connectivity index (χ1) is 12.9. The zero-order valence-corrected chi connectivity index (χ0v) is 16.1. The van der Waals surface area contributed by atoms with E-state index in [1.165, 1.54) is 18.9 Å². The first-order valence-corrected chi connectivity index (χ1v) is 10.7. The van der Waals surface area contributed by atoms with Crippen LogP contribution in [0.3, 0.4) is 0 Å². The van der Waals surface area contributed by atoms with E-state index in [-0.39, 0.29) is 17.2 Å². The van der Waals surface area contributed by atoms with Gasteiger partial charge in [0.15, 0.2) is 0 Å². The van der Waals surface area contributed by atoms with Crippen LogP contribution in [0.1, 0.15) is 25.3 Å². The fourth-order valence-electron chi connectivity index (χ4n) is 3.59. The summed E-state index contributed by atoms with van der Waals surface area (Å²) < 4.78 is 28.0. The first-order valence-electron chi connectivity index (χ1n) is 9.21. The Kier molecular flexibility index (Phi) is 4.55. The third-order valence-electron chi connectivity index (χ3n) is 5.28. The molecule has 7 heteroatoms. The van der Waals surface area contributed by atoms with Crippen LogP contribution in [-0.4, -0.2) is 27.4 Å².